The summed E-state index contributed by atoms with van der Waals surface area (Å²) < 4.78 is 6.06. The van der Waals surface area contributed by atoms with Crippen LogP contribution in [0.25, 0.3) is 0 Å². The number of hydrogen-bond donors (Lipinski definition) is 2. The van der Waals surface area contributed by atoms with Crippen molar-refractivity contribution in [3.63, 3.8) is 0 Å². The Labute approximate surface area is 204 Å². The van der Waals surface area contributed by atoms with Gasteiger partial charge in [-0.15, -0.1) is 0 Å². The number of pyridine rings is 1. The van der Waals surface area contributed by atoms with E-state index >= 15 is 0 Å². The van der Waals surface area contributed by atoms with Crippen LogP contribution in [0.2, 0.25) is 0 Å². The van der Waals surface area contributed by atoms with Crippen molar-refractivity contribution in [3.8, 4) is 11.5 Å². The molecule has 2 heterocycles. The lowest BCUT2D eigenvalue weighted by Gasteiger charge is -2.34. The highest BCUT2D eigenvalue weighted by Crippen LogP contribution is 2.43. The number of benzene rings is 2. The zero-order valence-electron chi connectivity index (χ0n) is 19.8. The smallest absolute Gasteiger partial charge is 0.255 e. The number of carbonyl (C=O) groups excluding carboxylic acids is 2. The molecule has 3 aromatic rings. The van der Waals surface area contributed by atoms with Crippen LogP contribution in [0, 0.1) is 6.92 Å². The summed E-state index contributed by atoms with van der Waals surface area (Å²) in [6.07, 6.45) is 3.77. The third kappa shape index (κ3) is 4.73. The summed E-state index contributed by atoms with van der Waals surface area (Å²) >= 11 is 0. The third-order valence-corrected chi connectivity index (χ3v) is 6.34. The van der Waals surface area contributed by atoms with Gasteiger partial charge < -0.3 is 15.4 Å². The number of nitrogens with zero attached hydrogens (tertiary/aromatic N) is 1. The Hall–Kier alpha value is -4.19. The molecule has 2 aliphatic rings. The number of dihydropyridines is 1. The van der Waals surface area contributed by atoms with Crippen molar-refractivity contribution >= 4 is 17.5 Å². The highest BCUT2D eigenvalue weighted by atomic mass is 16.5. The van der Waals surface area contributed by atoms with E-state index in [9.17, 15) is 9.59 Å². The molecule has 0 saturated heterocycles. The molecule has 2 aromatic carbocycles. The zero-order valence-corrected chi connectivity index (χ0v) is 19.8. The number of ketones is 1. The summed E-state index contributed by atoms with van der Waals surface area (Å²) in [5.74, 6) is 1.13. The van der Waals surface area contributed by atoms with Gasteiger partial charge in [0.25, 0.3) is 5.91 Å². The fourth-order valence-corrected chi connectivity index (χ4v) is 4.73. The van der Waals surface area contributed by atoms with Gasteiger partial charge in [0, 0.05) is 41.1 Å². The van der Waals surface area contributed by atoms with Crippen LogP contribution >= 0.6 is 0 Å². The van der Waals surface area contributed by atoms with Gasteiger partial charge in [-0.3, -0.25) is 9.59 Å². The maximum atomic E-state index is 13.6. The van der Waals surface area contributed by atoms with E-state index in [1.165, 1.54) is 0 Å². The van der Waals surface area contributed by atoms with Gasteiger partial charge in [0.1, 0.15) is 17.3 Å². The number of allylic oxidation sites excluding steroid dienone is 3. The molecule has 176 valence electrons. The SMILES string of the molecule is CC1=C(C(=O)Nc2ccc(C)cn2)[C@H](c2cccc(Oc3ccccc3)c2)C2=C(CCCC2=O)N1. The number of anilines is 1. The standard InChI is InChI=1S/C29H27N3O3/c1-18-14-15-25(30-17-18)32-29(34)26-19(2)31-23-12-7-13-24(33)28(23)27(26)20-8-6-11-22(16-20)35-21-9-4-3-5-10-21/h3-6,8-11,14-17,27,31H,7,12-13H2,1-2H3,(H,30,32,34)/t27-/m0/s1. The van der Waals surface area contributed by atoms with Gasteiger partial charge in [-0.1, -0.05) is 36.4 Å². The number of rotatable bonds is 5. The van der Waals surface area contributed by atoms with Crippen molar-refractivity contribution < 1.29 is 14.3 Å². The highest BCUT2D eigenvalue weighted by molar-refractivity contribution is 6.09. The largest absolute Gasteiger partial charge is 0.457 e. The van der Waals surface area contributed by atoms with Crippen molar-refractivity contribution in [1.29, 1.82) is 0 Å². The first-order valence-corrected chi connectivity index (χ1v) is 11.8. The topological polar surface area (TPSA) is 80.3 Å². The lowest BCUT2D eigenvalue weighted by Crippen LogP contribution is -2.35. The molecule has 1 atom stereocenters. The summed E-state index contributed by atoms with van der Waals surface area (Å²) in [4.78, 5) is 31.1. The average Bonchev–Trinajstić information content (AvgIpc) is 2.85. The Morgan fingerprint density at radius 1 is 1.00 bits per heavy atom. The predicted molar refractivity (Wildman–Crippen MR) is 135 cm³/mol. The van der Waals surface area contributed by atoms with E-state index in [4.69, 9.17) is 4.74 Å². The summed E-state index contributed by atoms with van der Waals surface area (Å²) in [7, 11) is 0. The van der Waals surface area contributed by atoms with Crippen LogP contribution in [0.5, 0.6) is 11.5 Å². The summed E-state index contributed by atoms with van der Waals surface area (Å²) in [6, 6.07) is 20.9. The monoisotopic (exact) mass is 465 g/mol. The molecular formula is C29H27N3O3. The molecule has 0 saturated carbocycles. The molecule has 0 bridgehead atoms. The van der Waals surface area contributed by atoms with E-state index in [0.29, 0.717) is 29.1 Å². The number of Topliss-reactive ketones (excluding diaryl/α,β-unsaturated/α-hetero) is 1. The maximum absolute atomic E-state index is 13.6. The highest BCUT2D eigenvalue weighted by Gasteiger charge is 2.38. The Bertz CT molecular complexity index is 1340. The maximum Gasteiger partial charge on any atom is 0.255 e. The number of aryl methyl sites for hydroxylation is 1. The normalized spacial score (nSPS) is 17.5. The van der Waals surface area contributed by atoms with Gasteiger partial charge in [0.15, 0.2) is 5.78 Å². The molecule has 1 aromatic heterocycles. The molecule has 1 aliphatic heterocycles. The second-order valence-corrected chi connectivity index (χ2v) is 8.93. The number of nitrogens with one attached hydrogen (secondary N) is 2. The Kier molecular flexibility index (Phi) is 6.19. The lowest BCUT2D eigenvalue weighted by atomic mass is 9.75. The minimum absolute atomic E-state index is 0.0735. The molecule has 0 radical (unpaired) electrons. The molecule has 0 spiro atoms. The van der Waals surface area contributed by atoms with Crippen LogP contribution in [0.4, 0.5) is 5.82 Å². The van der Waals surface area contributed by atoms with Gasteiger partial charge >= 0.3 is 0 Å². The van der Waals surface area contributed by atoms with Crippen LogP contribution < -0.4 is 15.4 Å². The van der Waals surface area contributed by atoms with Gasteiger partial charge in [-0.05, 0) is 68.1 Å². The van der Waals surface area contributed by atoms with E-state index in [2.05, 4.69) is 15.6 Å². The van der Waals surface area contributed by atoms with Crippen LogP contribution in [0.3, 0.4) is 0 Å². The minimum Gasteiger partial charge on any atom is -0.457 e. The van der Waals surface area contributed by atoms with E-state index < -0.39 is 5.92 Å². The summed E-state index contributed by atoms with van der Waals surface area (Å²) in [6.45, 7) is 3.83. The van der Waals surface area contributed by atoms with Crippen molar-refractivity contribution in [2.24, 2.45) is 0 Å². The van der Waals surface area contributed by atoms with Crippen molar-refractivity contribution in [1.82, 2.24) is 10.3 Å². The number of aromatic nitrogens is 1. The quantitative estimate of drug-likeness (QED) is 0.499. The molecule has 35 heavy (non-hydrogen) atoms. The van der Waals surface area contributed by atoms with Crippen LogP contribution in [0.1, 0.15) is 43.2 Å². The molecule has 5 rings (SSSR count). The fourth-order valence-electron chi connectivity index (χ4n) is 4.73. The van der Waals surface area contributed by atoms with Crippen molar-refractivity contribution in [2.45, 2.75) is 39.0 Å². The van der Waals surface area contributed by atoms with Crippen molar-refractivity contribution in [3.05, 3.63) is 107 Å². The van der Waals surface area contributed by atoms with Crippen LogP contribution in [-0.2, 0) is 9.59 Å². The molecule has 6 heteroatoms. The van der Waals surface area contributed by atoms with Gasteiger partial charge in [0.2, 0.25) is 0 Å². The summed E-state index contributed by atoms with van der Waals surface area (Å²) in [5.41, 5.74) is 4.67. The Balaban J connectivity index is 1.55. The fraction of sp³-hybridized carbons (Fsp3) is 0.207. The van der Waals surface area contributed by atoms with E-state index in [1.807, 2.05) is 74.5 Å². The molecule has 1 amide bonds. The number of carbonyl (C=O) groups is 2. The average molecular weight is 466 g/mol. The van der Waals surface area contributed by atoms with Gasteiger partial charge in [0.05, 0.1) is 0 Å². The van der Waals surface area contributed by atoms with Crippen LogP contribution in [0.15, 0.2) is 95.5 Å². The van der Waals surface area contributed by atoms with Crippen molar-refractivity contribution in [2.75, 3.05) is 5.32 Å². The van der Waals surface area contributed by atoms with Crippen LogP contribution in [-0.4, -0.2) is 16.7 Å². The molecule has 0 unspecified atom stereocenters. The zero-order chi connectivity index (χ0) is 24.4. The second-order valence-electron chi connectivity index (χ2n) is 8.93. The summed E-state index contributed by atoms with van der Waals surface area (Å²) in [5, 5.41) is 6.28. The Morgan fingerprint density at radius 2 is 1.80 bits per heavy atom. The number of para-hydroxylation sites is 1. The third-order valence-electron chi connectivity index (χ3n) is 6.34. The number of ether oxygens (including phenoxy) is 1. The first kappa shape index (κ1) is 22.6. The van der Waals surface area contributed by atoms with E-state index in [1.54, 1.807) is 12.3 Å². The molecular weight excluding hydrogens is 438 g/mol. The first-order chi connectivity index (χ1) is 17.0. The molecule has 0 fully saturated rings. The predicted octanol–water partition coefficient (Wildman–Crippen LogP) is 5.79. The van der Waals surface area contributed by atoms with Gasteiger partial charge in [-0.25, -0.2) is 4.98 Å². The lowest BCUT2D eigenvalue weighted by molar-refractivity contribution is -0.116. The molecule has 1 aliphatic carbocycles. The first-order valence-electron chi connectivity index (χ1n) is 11.8. The number of hydrogen-bond acceptors (Lipinski definition) is 5. The molecule has 2 N–H and O–H groups in total. The van der Waals surface area contributed by atoms with E-state index in [0.717, 1.165) is 41.1 Å². The van der Waals surface area contributed by atoms with Gasteiger partial charge in [-0.2, -0.15) is 0 Å². The minimum atomic E-state index is -0.496. The van der Waals surface area contributed by atoms with E-state index in [-0.39, 0.29) is 11.7 Å². The second kappa shape index (κ2) is 9.58. The number of amides is 1. The Morgan fingerprint density at radius 3 is 2.57 bits per heavy atom. The molecule has 6 nitrogen and oxygen atoms in total.